The predicted molar refractivity (Wildman–Crippen MR) is 107 cm³/mol. The third-order valence-electron chi connectivity index (χ3n) is 4.67. The summed E-state index contributed by atoms with van der Waals surface area (Å²) in [6, 6.07) is 6.87. The molecule has 1 saturated heterocycles. The van der Waals surface area contributed by atoms with Crippen LogP contribution in [-0.2, 0) is 15.1 Å². The van der Waals surface area contributed by atoms with Crippen LogP contribution in [0.3, 0.4) is 0 Å². The van der Waals surface area contributed by atoms with Crippen LogP contribution in [0.5, 0.6) is 5.75 Å². The van der Waals surface area contributed by atoms with Gasteiger partial charge in [0, 0.05) is 11.1 Å². The fraction of sp³-hybridized carbons (Fsp3) is 0.211. The highest BCUT2D eigenvalue weighted by Crippen LogP contribution is 2.32. The zero-order valence-corrected chi connectivity index (χ0v) is 17.4. The van der Waals surface area contributed by atoms with Crippen molar-refractivity contribution in [3.8, 4) is 5.75 Å². The number of nitrogens with one attached hydrogen (secondary N) is 2. The van der Waals surface area contributed by atoms with E-state index in [0.717, 1.165) is 18.2 Å². The topological polar surface area (TPSA) is 131 Å². The van der Waals surface area contributed by atoms with E-state index in [0.29, 0.717) is 4.90 Å². The molecule has 0 aliphatic carbocycles. The number of halogens is 4. The normalized spacial score (nSPS) is 18.2. The highest BCUT2D eigenvalue weighted by atomic mass is 35.5. The summed E-state index contributed by atoms with van der Waals surface area (Å²) < 4.78 is 40.8. The predicted octanol–water partition coefficient (Wildman–Crippen LogP) is 3.55. The van der Waals surface area contributed by atoms with Crippen molar-refractivity contribution in [3.63, 3.8) is 0 Å². The zero-order valence-electron chi connectivity index (χ0n) is 16.6. The maximum atomic E-state index is 12.9. The Morgan fingerprint density at radius 2 is 1.88 bits per heavy atom. The van der Waals surface area contributed by atoms with Crippen molar-refractivity contribution >= 4 is 40.8 Å². The number of benzene rings is 2. The number of nitro benzene ring substituents is 1. The summed E-state index contributed by atoms with van der Waals surface area (Å²) in [6.45, 7) is 0.546. The Morgan fingerprint density at radius 1 is 1.24 bits per heavy atom. The molecule has 1 aliphatic rings. The number of amides is 4. The first-order valence-electron chi connectivity index (χ1n) is 9.04. The molecule has 33 heavy (non-hydrogen) atoms. The minimum absolute atomic E-state index is 0.0659. The van der Waals surface area contributed by atoms with Gasteiger partial charge in [0.2, 0.25) is 5.91 Å². The number of anilines is 1. The molecule has 2 N–H and O–H groups in total. The highest BCUT2D eigenvalue weighted by Gasteiger charge is 2.49. The number of imide groups is 1. The number of ether oxygens (including phenoxy) is 1. The summed E-state index contributed by atoms with van der Waals surface area (Å²) in [5, 5.41) is 15.8. The summed E-state index contributed by atoms with van der Waals surface area (Å²) >= 11 is 5.72. The van der Waals surface area contributed by atoms with E-state index in [1.165, 1.54) is 31.2 Å². The van der Waals surface area contributed by atoms with E-state index < -0.39 is 52.7 Å². The van der Waals surface area contributed by atoms with Gasteiger partial charge in [-0.1, -0.05) is 23.7 Å². The van der Waals surface area contributed by atoms with Crippen LogP contribution in [0.2, 0.25) is 5.02 Å². The van der Waals surface area contributed by atoms with Crippen LogP contribution in [0.1, 0.15) is 12.5 Å². The second-order valence-electron chi connectivity index (χ2n) is 6.99. The van der Waals surface area contributed by atoms with Gasteiger partial charge in [0.15, 0.2) is 0 Å². The SMILES string of the molecule is CC1(c2ccc(OC(F)(F)F)cc2)NC(=O)N(CC(=O)Nc2ccc(Cl)cc2[N+](=O)[O-])C1=O. The highest BCUT2D eigenvalue weighted by molar-refractivity contribution is 6.31. The first-order valence-corrected chi connectivity index (χ1v) is 9.42. The van der Waals surface area contributed by atoms with Crippen LogP contribution < -0.4 is 15.4 Å². The number of hydrogen-bond acceptors (Lipinski definition) is 6. The molecule has 4 amide bonds. The van der Waals surface area contributed by atoms with Gasteiger partial charge in [0.05, 0.1) is 4.92 Å². The van der Waals surface area contributed by atoms with E-state index >= 15 is 0 Å². The summed E-state index contributed by atoms with van der Waals surface area (Å²) in [4.78, 5) is 48.6. The Hall–Kier alpha value is -3.87. The van der Waals surface area contributed by atoms with E-state index in [1.807, 2.05) is 0 Å². The number of rotatable bonds is 6. The van der Waals surface area contributed by atoms with Gasteiger partial charge in [-0.2, -0.15) is 0 Å². The third-order valence-corrected chi connectivity index (χ3v) is 4.91. The van der Waals surface area contributed by atoms with E-state index in [-0.39, 0.29) is 16.3 Å². The van der Waals surface area contributed by atoms with Crippen molar-refractivity contribution in [1.29, 1.82) is 0 Å². The molecule has 0 aromatic heterocycles. The van der Waals surface area contributed by atoms with Crippen molar-refractivity contribution in [1.82, 2.24) is 10.2 Å². The monoisotopic (exact) mass is 486 g/mol. The lowest BCUT2D eigenvalue weighted by molar-refractivity contribution is -0.383. The third kappa shape index (κ3) is 5.14. The molecule has 1 aliphatic heterocycles. The molecule has 2 aromatic rings. The van der Waals surface area contributed by atoms with Gasteiger partial charge in [0.1, 0.15) is 23.5 Å². The van der Waals surface area contributed by atoms with Gasteiger partial charge in [0.25, 0.3) is 11.6 Å². The lowest BCUT2D eigenvalue weighted by Crippen LogP contribution is -2.42. The fourth-order valence-corrected chi connectivity index (χ4v) is 3.29. The Labute approximate surface area is 188 Å². The van der Waals surface area contributed by atoms with Crippen molar-refractivity contribution in [2.45, 2.75) is 18.8 Å². The number of carbonyl (C=O) groups is 3. The average molecular weight is 487 g/mol. The molecule has 0 bridgehead atoms. The van der Waals surface area contributed by atoms with Crippen LogP contribution in [0.15, 0.2) is 42.5 Å². The van der Waals surface area contributed by atoms with Gasteiger partial charge in [-0.25, -0.2) is 4.79 Å². The molecule has 3 rings (SSSR count). The minimum Gasteiger partial charge on any atom is -0.406 e. The molecule has 14 heteroatoms. The fourth-order valence-electron chi connectivity index (χ4n) is 3.12. The molecule has 1 unspecified atom stereocenters. The summed E-state index contributed by atoms with van der Waals surface area (Å²) in [6.07, 6.45) is -4.90. The Balaban J connectivity index is 1.75. The second-order valence-corrected chi connectivity index (χ2v) is 7.42. The quantitative estimate of drug-likeness (QED) is 0.365. The van der Waals surface area contributed by atoms with Crippen molar-refractivity contribution in [3.05, 3.63) is 63.2 Å². The first-order chi connectivity index (χ1) is 15.3. The van der Waals surface area contributed by atoms with Crippen LogP contribution in [0.25, 0.3) is 0 Å². The Bertz CT molecular complexity index is 1140. The Morgan fingerprint density at radius 3 is 2.45 bits per heavy atom. The van der Waals surface area contributed by atoms with E-state index in [9.17, 15) is 37.7 Å². The molecule has 1 fully saturated rings. The number of nitrogens with zero attached hydrogens (tertiary/aromatic N) is 2. The number of carbonyl (C=O) groups excluding carboxylic acids is 3. The molecular formula is C19H14ClF3N4O6. The summed E-state index contributed by atoms with van der Waals surface area (Å²) in [5.74, 6) is -2.27. The van der Waals surface area contributed by atoms with Crippen LogP contribution in [0, 0.1) is 10.1 Å². The lowest BCUT2D eigenvalue weighted by Gasteiger charge is -2.22. The Kier molecular flexibility index (Phi) is 6.18. The van der Waals surface area contributed by atoms with Gasteiger partial charge < -0.3 is 15.4 Å². The maximum absolute atomic E-state index is 12.9. The van der Waals surface area contributed by atoms with Crippen molar-refractivity contribution in [2.75, 3.05) is 11.9 Å². The number of urea groups is 1. The zero-order chi connectivity index (χ0) is 24.6. The van der Waals surface area contributed by atoms with Crippen LogP contribution in [-0.4, -0.2) is 40.6 Å². The lowest BCUT2D eigenvalue weighted by atomic mass is 9.92. The van der Waals surface area contributed by atoms with Crippen LogP contribution >= 0.6 is 11.6 Å². The van der Waals surface area contributed by atoms with Gasteiger partial charge in [-0.15, -0.1) is 13.2 Å². The van der Waals surface area contributed by atoms with E-state index in [1.54, 1.807) is 0 Å². The number of nitro groups is 1. The van der Waals surface area contributed by atoms with Gasteiger partial charge >= 0.3 is 12.4 Å². The first kappa shape index (κ1) is 23.8. The molecular weight excluding hydrogens is 473 g/mol. The molecule has 10 nitrogen and oxygen atoms in total. The molecule has 1 atom stereocenters. The van der Waals surface area contributed by atoms with Crippen molar-refractivity contribution in [2.24, 2.45) is 0 Å². The minimum atomic E-state index is -4.90. The van der Waals surface area contributed by atoms with E-state index in [4.69, 9.17) is 11.6 Å². The standard InChI is InChI=1S/C19H14ClF3N4O6/c1-18(10-2-5-12(6-3-10)33-19(21,22)23)16(29)26(17(30)25-18)9-15(28)24-13-7-4-11(20)8-14(13)27(31)32/h2-8H,9H2,1H3,(H,24,28)(H,25,30). The molecule has 2 aromatic carbocycles. The second kappa shape index (κ2) is 8.58. The van der Waals surface area contributed by atoms with Gasteiger partial charge in [-0.05, 0) is 36.8 Å². The van der Waals surface area contributed by atoms with E-state index in [2.05, 4.69) is 15.4 Å². The van der Waals surface area contributed by atoms with Crippen LogP contribution in [0.4, 0.5) is 29.3 Å². The summed E-state index contributed by atoms with van der Waals surface area (Å²) in [7, 11) is 0. The molecule has 0 saturated carbocycles. The average Bonchev–Trinajstić information content (AvgIpc) is 2.92. The largest absolute Gasteiger partial charge is 0.573 e. The molecule has 0 spiro atoms. The van der Waals surface area contributed by atoms with Crippen molar-refractivity contribution < 1.29 is 37.2 Å². The summed E-state index contributed by atoms with van der Waals surface area (Å²) in [5.41, 5.74) is -2.20. The van der Waals surface area contributed by atoms with Gasteiger partial charge in [-0.3, -0.25) is 24.6 Å². The molecule has 1 heterocycles. The molecule has 0 radical (unpaired) electrons. The number of alkyl halides is 3. The molecule has 174 valence electrons. The smallest absolute Gasteiger partial charge is 0.406 e. The number of hydrogen-bond donors (Lipinski definition) is 2. The maximum Gasteiger partial charge on any atom is 0.573 e.